The summed E-state index contributed by atoms with van der Waals surface area (Å²) in [6.45, 7) is 22.5. The van der Waals surface area contributed by atoms with Crippen LogP contribution in [0.4, 0.5) is 0 Å². The van der Waals surface area contributed by atoms with Gasteiger partial charge in [-0.1, -0.05) is 105 Å². The molecular weight excluding hydrogens is 352 g/mol. The minimum Gasteiger partial charge on any atom is -0.389 e. The molecule has 0 radical (unpaired) electrons. The van der Waals surface area contributed by atoms with Crippen molar-refractivity contribution in [3.05, 3.63) is 48.2 Å². The van der Waals surface area contributed by atoms with Gasteiger partial charge in [-0.25, -0.2) is 0 Å². The first kappa shape index (κ1) is 32.4. The maximum Gasteiger partial charge on any atom is 0.0141 e. The van der Waals surface area contributed by atoms with Crippen molar-refractivity contribution in [1.29, 1.82) is 0 Å². The molecule has 0 aromatic heterocycles. The second-order valence-electron chi connectivity index (χ2n) is 7.08. The van der Waals surface area contributed by atoms with Gasteiger partial charge in [-0.15, -0.1) is 0 Å². The number of aryl methyl sites for hydroxylation is 1. The Bertz CT molecular complexity index is 406. The van der Waals surface area contributed by atoms with E-state index in [1.165, 1.54) is 37.7 Å². The summed E-state index contributed by atoms with van der Waals surface area (Å²) in [4.78, 5) is 0. The van der Waals surface area contributed by atoms with E-state index in [0.717, 1.165) is 43.5 Å². The molecule has 0 amide bonds. The van der Waals surface area contributed by atoms with E-state index in [9.17, 15) is 0 Å². The lowest BCUT2D eigenvalue weighted by Gasteiger charge is -2.24. The maximum atomic E-state index is 5.55. The minimum absolute atomic E-state index is 0.848. The van der Waals surface area contributed by atoms with Gasteiger partial charge < -0.3 is 11.1 Å². The van der Waals surface area contributed by atoms with E-state index < -0.39 is 0 Å². The second kappa shape index (κ2) is 26.7. The van der Waals surface area contributed by atoms with Crippen molar-refractivity contribution < 1.29 is 0 Å². The molecule has 1 aromatic carbocycles. The first-order valence-electron chi connectivity index (χ1n) is 12.2. The third-order valence-electron chi connectivity index (χ3n) is 4.77. The molecule has 3 N–H and O–H groups in total. The number of nitrogens with two attached hydrogens (primary N) is 1. The Labute approximate surface area is 184 Å². The van der Waals surface area contributed by atoms with Gasteiger partial charge >= 0.3 is 0 Å². The third-order valence-corrected chi connectivity index (χ3v) is 4.77. The quantitative estimate of drug-likeness (QED) is 0.502. The molecule has 1 aromatic rings. The summed E-state index contributed by atoms with van der Waals surface area (Å²) in [5.41, 5.74) is 8.10. The van der Waals surface area contributed by atoms with Gasteiger partial charge in [0.25, 0.3) is 0 Å². The zero-order valence-electron chi connectivity index (χ0n) is 21.2. The average molecular weight is 407 g/mol. The molecule has 0 atom stereocenters. The molecule has 0 bridgehead atoms. The van der Waals surface area contributed by atoms with E-state index in [0.29, 0.717) is 0 Å². The Morgan fingerprint density at radius 1 is 0.966 bits per heavy atom. The van der Waals surface area contributed by atoms with Crippen molar-refractivity contribution >= 4 is 0 Å². The lowest BCUT2D eigenvalue weighted by atomic mass is 9.83. The topological polar surface area (TPSA) is 38.0 Å². The highest BCUT2D eigenvalue weighted by molar-refractivity contribution is 5.13. The summed E-state index contributed by atoms with van der Waals surface area (Å²) >= 11 is 0. The Balaban J connectivity index is -0.000000322. The first-order chi connectivity index (χ1) is 14.1. The Kier molecular flexibility index (Phi) is 29.8. The standard InChI is InChI=1S/C8H17N.C8H10.C7H15N.2C2H6/c1-7-2-4-8(6-9)5-3-7;1-2-8-6-4-3-5-7-8;1-4-6-8-7(3)5-2;2*1-2/h7-8H,2-6,9H2,1H3;3-7H,2H2,1H3;8H,3-6H2,1-2H3;2*1-2H3. The zero-order chi connectivity index (χ0) is 22.9. The molecule has 0 unspecified atom stereocenters. The van der Waals surface area contributed by atoms with Crippen LogP contribution in [0.2, 0.25) is 0 Å². The summed E-state index contributed by atoms with van der Waals surface area (Å²) in [7, 11) is 0. The Hall–Kier alpha value is -1.28. The number of hydrogen-bond donors (Lipinski definition) is 2. The van der Waals surface area contributed by atoms with Gasteiger partial charge in [0.1, 0.15) is 0 Å². The van der Waals surface area contributed by atoms with Crippen molar-refractivity contribution in [3.63, 3.8) is 0 Å². The molecule has 0 spiro atoms. The van der Waals surface area contributed by atoms with Crippen LogP contribution in [0.5, 0.6) is 0 Å². The molecule has 0 saturated heterocycles. The number of rotatable bonds is 6. The monoisotopic (exact) mass is 406 g/mol. The predicted molar refractivity (Wildman–Crippen MR) is 136 cm³/mol. The van der Waals surface area contributed by atoms with Crippen molar-refractivity contribution in [2.75, 3.05) is 13.1 Å². The van der Waals surface area contributed by atoms with Gasteiger partial charge in [-0.05, 0) is 56.0 Å². The lowest BCUT2D eigenvalue weighted by Crippen LogP contribution is -2.20. The van der Waals surface area contributed by atoms with Crippen LogP contribution in [0.3, 0.4) is 0 Å². The number of benzene rings is 1. The van der Waals surface area contributed by atoms with Crippen LogP contribution < -0.4 is 11.1 Å². The van der Waals surface area contributed by atoms with Gasteiger partial charge in [0.2, 0.25) is 0 Å². The van der Waals surface area contributed by atoms with Crippen molar-refractivity contribution in [2.24, 2.45) is 17.6 Å². The van der Waals surface area contributed by atoms with E-state index >= 15 is 0 Å². The van der Waals surface area contributed by atoms with Crippen molar-refractivity contribution in [1.82, 2.24) is 5.32 Å². The Morgan fingerprint density at radius 2 is 1.48 bits per heavy atom. The Morgan fingerprint density at radius 3 is 1.83 bits per heavy atom. The van der Waals surface area contributed by atoms with E-state index in [1.807, 2.05) is 33.8 Å². The van der Waals surface area contributed by atoms with Crippen LogP contribution in [-0.4, -0.2) is 13.1 Å². The molecule has 2 heteroatoms. The van der Waals surface area contributed by atoms with Crippen LogP contribution in [0.25, 0.3) is 0 Å². The van der Waals surface area contributed by atoms with E-state index in [2.05, 4.69) is 63.9 Å². The van der Waals surface area contributed by atoms with E-state index in [1.54, 1.807) is 0 Å². The molecule has 29 heavy (non-hydrogen) atoms. The smallest absolute Gasteiger partial charge is 0.0141 e. The highest BCUT2D eigenvalue weighted by Crippen LogP contribution is 2.27. The molecule has 2 rings (SSSR count). The summed E-state index contributed by atoms with van der Waals surface area (Å²) in [6.07, 6.45) is 8.92. The molecule has 1 aliphatic carbocycles. The third kappa shape index (κ3) is 22.9. The SMILES string of the molecule is C=C(CC)NCCC.CC.CC.CC1CCC(CN)CC1.CCc1ccccc1. The lowest BCUT2D eigenvalue weighted by molar-refractivity contribution is 0.296. The molecular formula is C27H54N2. The van der Waals surface area contributed by atoms with Gasteiger partial charge in [-0.3, -0.25) is 0 Å². The number of hydrogen-bond acceptors (Lipinski definition) is 2. The van der Waals surface area contributed by atoms with Crippen molar-refractivity contribution in [3.8, 4) is 0 Å². The molecule has 0 aliphatic heterocycles. The van der Waals surface area contributed by atoms with Gasteiger partial charge in [-0.2, -0.15) is 0 Å². The van der Waals surface area contributed by atoms with Crippen LogP contribution in [0.15, 0.2) is 42.6 Å². The molecule has 1 aliphatic rings. The fraction of sp³-hybridized carbons (Fsp3) is 0.704. The van der Waals surface area contributed by atoms with E-state index in [4.69, 9.17) is 5.73 Å². The fourth-order valence-electron chi connectivity index (χ4n) is 2.71. The zero-order valence-corrected chi connectivity index (χ0v) is 21.2. The van der Waals surface area contributed by atoms with Crippen molar-refractivity contribution in [2.45, 2.75) is 100 Å². The average Bonchev–Trinajstić information content (AvgIpc) is 2.82. The fourth-order valence-corrected chi connectivity index (χ4v) is 2.71. The summed E-state index contributed by atoms with van der Waals surface area (Å²) in [6, 6.07) is 10.5. The summed E-state index contributed by atoms with van der Waals surface area (Å²) < 4.78 is 0. The second-order valence-corrected chi connectivity index (χ2v) is 7.08. The highest BCUT2D eigenvalue weighted by atomic mass is 14.9. The number of allylic oxidation sites excluding steroid dienone is 1. The van der Waals surface area contributed by atoms with E-state index in [-0.39, 0.29) is 0 Å². The summed E-state index contributed by atoms with van der Waals surface area (Å²) in [5, 5.41) is 3.19. The first-order valence-corrected chi connectivity index (χ1v) is 12.2. The predicted octanol–water partition coefficient (Wildman–Crippen LogP) is 7.98. The minimum atomic E-state index is 0.848. The molecule has 1 saturated carbocycles. The summed E-state index contributed by atoms with van der Waals surface area (Å²) in [5.74, 6) is 1.81. The van der Waals surface area contributed by atoms with Crippen LogP contribution in [-0.2, 0) is 6.42 Å². The largest absolute Gasteiger partial charge is 0.389 e. The van der Waals surface area contributed by atoms with Crippen LogP contribution in [0, 0.1) is 11.8 Å². The highest BCUT2D eigenvalue weighted by Gasteiger charge is 2.15. The molecule has 0 heterocycles. The van der Waals surface area contributed by atoms with Gasteiger partial charge in [0, 0.05) is 12.2 Å². The molecule has 2 nitrogen and oxygen atoms in total. The van der Waals surface area contributed by atoms with Crippen LogP contribution in [0.1, 0.15) is 99.5 Å². The van der Waals surface area contributed by atoms with Crippen LogP contribution >= 0.6 is 0 Å². The molecule has 172 valence electrons. The normalized spacial score (nSPS) is 16.7. The molecule has 1 fully saturated rings. The maximum absolute atomic E-state index is 5.55. The number of nitrogens with one attached hydrogen (secondary N) is 1. The van der Waals surface area contributed by atoms with Gasteiger partial charge in [0.15, 0.2) is 0 Å². The van der Waals surface area contributed by atoms with Gasteiger partial charge in [0.05, 0.1) is 0 Å².